The molecular weight excluding hydrogens is 967 g/mol. The molecule has 2 heterocycles. The molecule has 0 saturated carbocycles. The summed E-state index contributed by atoms with van der Waals surface area (Å²) >= 11 is 0. The van der Waals surface area contributed by atoms with Gasteiger partial charge in [-0.2, -0.15) is 0 Å². The molecule has 0 aromatic heterocycles. The Morgan fingerprint density at radius 1 is 0.461 bits per heavy atom. The molecule has 12 unspecified atom stereocenters. The minimum Gasteiger partial charge on any atom is -0.394 e. The van der Waals surface area contributed by atoms with Crippen molar-refractivity contribution in [3.63, 3.8) is 0 Å². The van der Waals surface area contributed by atoms with Gasteiger partial charge in [0, 0.05) is 6.42 Å². The van der Waals surface area contributed by atoms with E-state index >= 15 is 0 Å². The van der Waals surface area contributed by atoms with Gasteiger partial charge in [0.15, 0.2) is 12.6 Å². The van der Waals surface area contributed by atoms with Gasteiger partial charge in [0.05, 0.1) is 32.0 Å². The van der Waals surface area contributed by atoms with Gasteiger partial charge in [-0.1, -0.05) is 249 Å². The third kappa shape index (κ3) is 33.1. The zero-order valence-electron chi connectivity index (χ0n) is 48.0. The van der Waals surface area contributed by atoms with Crippen LogP contribution in [-0.4, -0.2) is 140 Å². The highest BCUT2D eigenvalue weighted by molar-refractivity contribution is 5.76. The maximum Gasteiger partial charge on any atom is 0.220 e. The van der Waals surface area contributed by atoms with E-state index in [1.807, 2.05) is 6.08 Å². The summed E-state index contributed by atoms with van der Waals surface area (Å²) in [6.07, 6.45) is 42.3. The van der Waals surface area contributed by atoms with Crippen LogP contribution in [0.4, 0.5) is 0 Å². The van der Waals surface area contributed by atoms with E-state index in [9.17, 15) is 45.6 Å². The third-order valence-electron chi connectivity index (χ3n) is 15.3. The summed E-state index contributed by atoms with van der Waals surface area (Å²) in [5, 5.41) is 86.9. The lowest BCUT2D eigenvalue weighted by molar-refractivity contribution is -0.359. The summed E-state index contributed by atoms with van der Waals surface area (Å²) in [6.45, 7) is 2.71. The molecule has 2 aliphatic heterocycles. The van der Waals surface area contributed by atoms with Gasteiger partial charge in [-0.15, -0.1) is 0 Å². The monoisotopic (exact) mass is 1080 g/mol. The number of unbranched alkanes of at least 4 members (excludes halogenated alkanes) is 33. The number of rotatable bonds is 50. The smallest absolute Gasteiger partial charge is 0.220 e. The highest BCUT2D eigenvalue weighted by Gasteiger charge is 2.51. The van der Waals surface area contributed by atoms with Crippen LogP contribution >= 0.6 is 0 Å². The minimum atomic E-state index is -1.79. The first kappa shape index (κ1) is 70.3. The number of allylic oxidation sites excluding steroid dienone is 5. The van der Waals surface area contributed by atoms with E-state index < -0.39 is 86.8 Å². The highest BCUT2D eigenvalue weighted by atomic mass is 16.7. The normalized spacial score (nSPS) is 25.1. The van der Waals surface area contributed by atoms with E-state index in [-0.39, 0.29) is 18.9 Å². The molecule has 2 rings (SSSR count). The molecule has 2 saturated heterocycles. The van der Waals surface area contributed by atoms with Crippen molar-refractivity contribution < 1.29 is 64.6 Å². The van der Waals surface area contributed by atoms with Crippen molar-refractivity contribution in [2.75, 3.05) is 19.8 Å². The summed E-state index contributed by atoms with van der Waals surface area (Å²) in [7, 11) is 0. The predicted octanol–water partition coefficient (Wildman–Crippen LogP) is 11.0. The van der Waals surface area contributed by atoms with Gasteiger partial charge in [0.25, 0.3) is 0 Å². The maximum atomic E-state index is 13.2. The molecule has 0 aromatic rings. The van der Waals surface area contributed by atoms with Gasteiger partial charge in [0.2, 0.25) is 5.91 Å². The lowest BCUT2D eigenvalue weighted by Gasteiger charge is -2.46. The Hall–Kier alpha value is -1.79. The fourth-order valence-electron chi connectivity index (χ4n) is 10.3. The maximum absolute atomic E-state index is 13.2. The van der Waals surface area contributed by atoms with Crippen molar-refractivity contribution in [1.29, 1.82) is 0 Å². The van der Waals surface area contributed by atoms with Crippen LogP contribution in [0.2, 0.25) is 0 Å². The third-order valence-corrected chi connectivity index (χ3v) is 15.3. The van der Waals surface area contributed by atoms with Crippen molar-refractivity contribution in [3.05, 3.63) is 36.5 Å². The second-order valence-electron chi connectivity index (χ2n) is 22.2. The fraction of sp³-hybridized carbons (Fsp3) is 0.887. The second-order valence-corrected chi connectivity index (χ2v) is 22.2. The molecule has 9 N–H and O–H groups in total. The molecule has 12 atom stereocenters. The quantitative estimate of drug-likeness (QED) is 0.0204. The van der Waals surface area contributed by atoms with Crippen molar-refractivity contribution in [1.82, 2.24) is 5.32 Å². The highest BCUT2D eigenvalue weighted by Crippen LogP contribution is 2.30. The molecule has 1 amide bonds. The molecular formula is C62H115NO13. The Balaban J connectivity index is 1.62. The lowest BCUT2D eigenvalue weighted by Crippen LogP contribution is -2.65. The Bertz CT molecular complexity index is 1410. The number of carbonyl (C=O) groups is 1. The molecule has 2 aliphatic rings. The first-order valence-corrected chi connectivity index (χ1v) is 31.2. The number of aliphatic hydroxyl groups is 8. The van der Waals surface area contributed by atoms with E-state index in [0.717, 1.165) is 51.4 Å². The Morgan fingerprint density at radius 2 is 0.842 bits per heavy atom. The van der Waals surface area contributed by atoms with Gasteiger partial charge in [0.1, 0.15) is 48.8 Å². The molecule has 14 nitrogen and oxygen atoms in total. The largest absolute Gasteiger partial charge is 0.394 e. The zero-order valence-corrected chi connectivity index (χ0v) is 48.0. The van der Waals surface area contributed by atoms with Crippen LogP contribution < -0.4 is 5.32 Å². The van der Waals surface area contributed by atoms with Crippen LogP contribution in [0.5, 0.6) is 0 Å². The van der Waals surface area contributed by atoms with Crippen molar-refractivity contribution in [2.24, 2.45) is 0 Å². The van der Waals surface area contributed by atoms with Crippen LogP contribution in [0.15, 0.2) is 36.5 Å². The van der Waals surface area contributed by atoms with Gasteiger partial charge >= 0.3 is 0 Å². The molecule has 76 heavy (non-hydrogen) atoms. The van der Waals surface area contributed by atoms with E-state index in [0.29, 0.717) is 12.8 Å². The fourth-order valence-corrected chi connectivity index (χ4v) is 10.3. The number of amides is 1. The topological polar surface area (TPSA) is 228 Å². The number of aliphatic hydroxyl groups excluding tert-OH is 8. The van der Waals surface area contributed by atoms with Gasteiger partial charge in [-0.05, 0) is 38.5 Å². The molecule has 0 spiro atoms. The van der Waals surface area contributed by atoms with E-state index in [1.165, 1.54) is 173 Å². The Kier molecular flexibility index (Phi) is 44.4. The molecule has 0 bridgehead atoms. The molecule has 446 valence electrons. The minimum absolute atomic E-state index is 0.251. The zero-order chi connectivity index (χ0) is 55.3. The average Bonchev–Trinajstić information content (AvgIpc) is 3.42. The van der Waals surface area contributed by atoms with E-state index in [1.54, 1.807) is 6.08 Å². The van der Waals surface area contributed by atoms with Crippen LogP contribution in [0.1, 0.15) is 258 Å². The second kappa shape index (κ2) is 48.0. The Morgan fingerprint density at radius 3 is 1.26 bits per heavy atom. The van der Waals surface area contributed by atoms with E-state index in [2.05, 4.69) is 43.5 Å². The van der Waals surface area contributed by atoms with Crippen molar-refractivity contribution in [3.8, 4) is 0 Å². The number of nitrogens with one attached hydrogen (secondary N) is 1. The molecule has 0 aliphatic carbocycles. The first-order chi connectivity index (χ1) is 37.1. The Labute approximate surface area is 461 Å². The summed E-state index contributed by atoms with van der Waals surface area (Å²) < 4.78 is 22.7. The number of hydrogen-bond acceptors (Lipinski definition) is 13. The lowest BCUT2D eigenvalue weighted by atomic mass is 9.97. The standard InChI is InChI=1S/C62H115NO13/c1-3-5-7-9-11-13-15-16-17-18-19-20-21-22-23-24-25-26-27-28-29-30-31-32-33-34-36-38-40-42-44-46-54(67)63-50(51(66)45-43-41-39-37-35-14-12-10-8-6-4-2)49-73-61-59(72)57(70)60(53(48-65)75-61)76-62-58(71)56(69)55(68)52(47-64)74-62/h8,10,35,37,43,45,50-53,55-62,64-66,68-72H,3-7,9,11-34,36,38-42,44,46-49H2,1-2H3,(H,63,67)/b10-8+,37-35+,45-43+. The number of carbonyl (C=O) groups excluding carboxylic acids is 1. The molecule has 0 aromatic carbocycles. The van der Waals surface area contributed by atoms with Gasteiger partial charge in [-0.25, -0.2) is 0 Å². The molecule has 2 fully saturated rings. The van der Waals surface area contributed by atoms with Crippen LogP contribution in [0.25, 0.3) is 0 Å². The summed E-state index contributed by atoms with van der Waals surface area (Å²) in [5.74, 6) is -0.251. The SMILES string of the molecule is CCC/C=C/CC/C=C/CC/C=C/C(O)C(COC1OC(CO)C(OC2OC(CO)C(O)C(O)C2O)C(O)C1O)NC(=O)CCCCCCCCCCCCCCCCCCCCCCCCCCCCCCCCC. The van der Waals surface area contributed by atoms with Crippen molar-refractivity contribution >= 4 is 5.91 Å². The summed E-state index contributed by atoms with van der Waals surface area (Å²) in [5.41, 5.74) is 0. The molecule has 0 radical (unpaired) electrons. The van der Waals surface area contributed by atoms with Crippen LogP contribution in [-0.2, 0) is 23.7 Å². The van der Waals surface area contributed by atoms with Crippen LogP contribution in [0.3, 0.4) is 0 Å². The number of ether oxygens (including phenoxy) is 4. The summed E-state index contributed by atoms with van der Waals surface area (Å²) in [6, 6.07) is -0.934. The van der Waals surface area contributed by atoms with Crippen LogP contribution in [0, 0.1) is 0 Å². The summed E-state index contributed by atoms with van der Waals surface area (Å²) in [4.78, 5) is 13.2. The van der Waals surface area contributed by atoms with Crippen molar-refractivity contribution in [2.45, 2.75) is 331 Å². The average molecular weight is 1080 g/mol. The number of hydrogen-bond donors (Lipinski definition) is 9. The molecule has 14 heteroatoms. The van der Waals surface area contributed by atoms with Gasteiger partial charge < -0.3 is 65.1 Å². The van der Waals surface area contributed by atoms with Gasteiger partial charge in [-0.3, -0.25) is 4.79 Å². The first-order valence-electron chi connectivity index (χ1n) is 31.2. The predicted molar refractivity (Wildman–Crippen MR) is 305 cm³/mol. The van der Waals surface area contributed by atoms with E-state index in [4.69, 9.17) is 18.9 Å².